The third-order valence-corrected chi connectivity index (χ3v) is 28.2. The number of hydrogen-bond acceptors (Lipinski definition) is 9. The van der Waals surface area contributed by atoms with Crippen LogP contribution in [0.3, 0.4) is 0 Å². The van der Waals surface area contributed by atoms with Crippen molar-refractivity contribution in [2.75, 3.05) is 54.6 Å². The predicted octanol–water partition coefficient (Wildman–Crippen LogP) is 18.0. The highest BCUT2D eigenvalue weighted by molar-refractivity contribution is 7.96. The summed E-state index contributed by atoms with van der Waals surface area (Å²) in [5.74, 6) is 5.37. The minimum Gasteiger partial charge on any atom is -1.00 e. The third-order valence-electron chi connectivity index (χ3n) is 23.4. The number of halogens is 1. The van der Waals surface area contributed by atoms with Gasteiger partial charge in [0.15, 0.2) is 0 Å². The second-order valence-corrected chi connectivity index (χ2v) is 35.7. The van der Waals surface area contributed by atoms with E-state index >= 15 is 0 Å². The number of nitrogens with zero attached hydrogens (tertiary/aromatic N) is 2. The van der Waals surface area contributed by atoms with Crippen molar-refractivity contribution in [2.24, 2.45) is 0 Å². The lowest BCUT2D eigenvalue weighted by Crippen LogP contribution is -3.00. The van der Waals surface area contributed by atoms with Crippen LogP contribution in [-0.4, -0.2) is 92.9 Å². The number of carbonyl (C=O) groups excluding carboxylic acids is 2. The van der Waals surface area contributed by atoms with Crippen molar-refractivity contribution in [3.05, 3.63) is 277 Å². The van der Waals surface area contributed by atoms with Crippen molar-refractivity contribution in [2.45, 2.75) is 193 Å². The minimum atomic E-state index is -1.95. The smallest absolute Gasteiger partial charge is 0.410 e. The summed E-state index contributed by atoms with van der Waals surface area (Å²) in [5.41, 5.74) is 22.6. The molecule has 9 aromatic carbocycles. The normalized spacial score (nSPS) is 17.7. The molecule has 1 N–H and O–H groups in total. The number of methoxy groups -OCH3 is 4. The highest BCUT2D eigenvalue weighted by Gasteiger charge is 2.56. The first-order valence-corrected chi connectivity index (χ1v) is 41.1. The van der Waals surface area contributed by atoms with Gasteiger partial charge in [0.1, 0.15) is 63.0 Å². The van der Waals surface area contributed by atoms with Gasteiger partial charge in [0, 0.05) is 48.4 Å². The lowest BCUT2D eigenvalue weighted by Gasteiger charge is -2.34. The fraction of sp³-hybridized carbons (Fsp3) is 0.396. The van der Waals surface area contributed by atoms with Crippen molar-refractivity contribution >= 4 is 47.0 Å². The Labute approximate surface area is 660 Å². The Morgan fingerprint density at radius 2 is 0.844 bits per heavy atom. The number of ether oxygens (including phenoxy) is 6. The second-order valence-electron chi connectivity index (χ2n) is 32.1. The van der Waals surface area contributed by atoms with E-state index in [0.29, 0.717) is 23.4 Å². The molecule has 0 radical (unpaired) electrons. The molecule has 0 bridgehead atoms. The Balaban J connectivity index is 0.000000150. The van der Waals surface area contributed by atoms with Crippen LogP contribution in [0, 0.1) is 27.7 Å². The quantitative estimate of drug-likeness (QED) is 0.113. The Hall–Kier alpha value is -8.67. The van der Waals surface area contributed by atoms with Gasteiger partial charge in [-0.2, -0.15) is 0 Å². The largest absolute Gasteiger partial charge is 1.00 e. The van der Waals surface area contributed by atoms with Crippen molar-refractivity contribution < 1.29 is 60.1 Å². The maximum atomic E-state index is 12.4. The Morgan fingerprint density at radius 1 is 0.431 bits per heavy atom. The third kappa shape index (κ3) is 18.2. The number of benzene rings is 9. The van der Waals surface area contributed by atoms with E-state index in [1.807, 2.05) is 69.5 Å². The summed E-state index contributed by atoms with van der Waals surface area (Å²) in [6.07, 6.45) is 15.2. The number of carbonyl (C=O) groups is 2. The van der Waals surface area contributed by atoms with Crippen LogP contribution in [-0.2, 0) is 41.6 Å². The van der Waals surface area contributed by atoms with E-state index in [0.717, 1.165) is 132 Å². The fourth-order valence-electron chi connectivity index (χ4n) is 17.8. The fourth-order valence-corrected chi connectivity index (χ4v) is 22.9. The average molecular weight is 1550 g/mol. The van der Waals surface area contributed by atoms with Crippen molar-refractivity contribution in [3.63, 3.8) is 0 Å². The monoisotopic (exact) mass is 1550 g/mol. The van der Waals surface area contributed by atoms with E-state index in [1.54, 1.807) is 28.4 Å². The number of allylic oxidation sites excluding steroid dienone is 1. The predicted molar refractivity (Wildman–Crippen MR) is 444 cm³/mol. The van der Waals surface area contributed by atoms with Crippen molar-refractivity contribution in [3.8, 4) is 23.0 Å². The van der Waals surface area contributed by atoms with Gasteiger partial charge in [-0.1, -0.05) is 133 Å². The maximum Gasteiger partial charge on any atom is 0.410 e. The molecule has 0 saturated carbocycles. The van der Waals surface area contributed by atoms with Gasteiger partial charge in [0.05, 0.1) is 34.5 Å². The zero-order chi connectivity index (χ0) is 76.4. The van der Waals surface area contributed by atoms with Crippen LogP contribution in [0.15, 0.2) is 188 Å². The average Bonchev–Trinajstić information content (AvgIpc) is 1.66. The number of aryl methyl sites for hydroxylation is 4. The molecule has 2 aliphatic heterocycles. The number of rotatable bonds is 13. The van der Waals surface area contributed by atoms with E-state index in [4.69, 9.17) is 28.4 Å². The van der Waals surface area contributed by atoms with Gasteiger partial charge in [0.2, 0.25) is 0 Å². The SMILES string of the molecule is COc1cccc2c1/C(=C/c1ccc(C3CCN(C(=O)OC(C)(C)C)CC3)c(C)c1C)CC2.COc1cccc2c1C(Cc1ccc(C3CCN(C(=O)OC(C)(C)C)CC3)c(C)c1C)CC2.COc1cccc2c1C(O)CC2.COc1cccc2c1C([P+](c1ccccc1)(c1ccccc1)c1ccccc1)CC2.[Br-]. The van der Waals surface area contributed by atoms with E-state index < -0.39 is 18.5 Å². The first-order chi connectivity index (χ1) is 52.0. The zero-order valence-electron chi connectivity index (χ0n) is 66.8. The van der Waals surface area contributed by atoms with Gasteiger partial charge in [-0.15, -0.1) is 0 Å². The van der Waals surface area contributed by atoms with Crippen LogP contribution >= 0.6 is 7.26 Å². The molecule has 2 heterocycles. The summed E-state index contributed by atoms with van der Waals surface area (Å²) in [6, 6.07) is 68.1. The van der Waals surface area contributed by atoms with Crippen LogP contribution in [0.1, 0.15) is 211 Å². The van der Waals surface area contributed by atoms with Gasteiger partial charge >= 0.3 is 12.2 Å². The zero-order valence-corrected chi connectivity index (χ0v) is 69.3. The summed E-state index contributed by atoms with van der Waals surface area (Å²) in [5, 5.41) is 13.9. The summed E-state index contributed by atoms with van der Waals surface area (Å²) >= 11 is 0. The maximum absolute atomic E-state index is 12.4. The molecule has 3 atom stereocenters. The first-order valence-electron chi connectivity index (χ1n) is 39.3. The topological polar surface area (TPSA) is 116 Å². The Morgan fingerprint density at radius 3 is 1.33 bits per heavy atom. The molecule has 6 aliphatic rings. The molecule has 15 rings (SSSR count). The standard InChI is InChI=1S/C29H39NO3.C29H37NO3.C28H26OP.C10H12O2.BrH/c2*1-19-20(2)25(21-14-16-30(17-15-21)28(31)33-29(3,4)5)13-12-23(19)18-24-11-10-22-8-7-9-26(32-6)27(22)24;1-29-26-19-11-12-22-20-21-27(28(22)26)30(23-13-5-2-6-14-23,24-15-7-3-8-16-24)25-17-9-4-10-18-25;1-12-9-4-2-3-7-5-6-8(11)10(7)9;/h7-9,12-13,21,24H,10-11,14-18H2,1-6H3;7-9,12-13,18,21H,10-11,14-17H2,1-6H3;2-19,27H,20-21H2,1H3;2-4,8,11H,5-6H2,1H3;1H/q;;+1;;/p-1/b;24-18+;;;. The first kappa shape index (κ1) is 81.3. The number of piperidine rings is 2. The summed E-state index contributed by atoms with van der Waals surface area (Å²) in [4.78, 5) is 28.5. The van der Waals surface area contributed by atoms with Crippen LogP contribution in [0.2, 0.25) is 0 Å². The number of aliphatic hydroxyl groups is 1. The van der Waals surface area contributed by atoms with Crippen LogP contribution in [0.25, 0.3) is 11.6 Å². The lowest BCUT2D eigenvalue weighted by molar-refractivity contribution is -0.000118. The van der Waals surface area contributed by atoms with Crippen molar-refractivity contribution in [1.82, 2.24) is 9.80 Å². The van der Waals surface area contributed by atoms with E-state index in [9.17, 15) is 14.7 Å². The molecule has 109 heavy (non-hydrogen) atoms. The molecular weight excluding hydrogens is 1440 g/mol. The molecule has 2 saturated heterocycles. The Bertz CT molecular complexity index is 4530. The molecule has 4 aliphatic carbocycles. The van der Waals surface area contributed by atoms with Gasteiger partial charge in [0.25, 0.3) is 0 Å². The molecule has 574 valence electrons. The van der Waals surface area contributed by atoms with Crippen LogP contribution < -0.4 is 51.8 Å². The highest BCUT2D eigenvalue weighted by Crippen LogP contribution is 2.71. The van der Waals surface area contributed by atoms with Gasteiger partial charge < -0.3 is 60.3 Å². The van der Waals surface area contributed by atoms with Gasteiger partial charge in [-0.25, -0.2) is 9.59 Å². The number of aliphatic hydroxyl groups excluding tert-OH is 1. The van der Waals surface area contributed by atoms with Crippen LogP contribution in [0.4, 0.5) is 9.59 Å². The van der Waals surface area contributed by atoms with E-state index in [1.165, 1.54) is 111 Å². The molecular formula is C96H114BrN2O9P. The molecule has 0 spiro atoms. The summed E-state index contributed by atoms with van der Waals surface area (Å²) in [6.45, 7) is 23.6. The molecule has 2 amide bonds. The number of likely N-dealkylation sites (tertiary alicyclic amines) is 2. The van der Waals surface area contributed by atoms with Crippen molar-refractivity contribution in [1.29, 1.82) is 0 Å². The molecule has 2 fully saturated rings. The summed E-state index contributed by atoms with van der Waals surface area (Å²) in [7, 11) is 5.03. The minimum absolute atomic E-state index is 0. The van der Waals surface area contributed by atoms with Gasteiger partial charge in [-0.05, 0) is 303 Å². The van der Waals surface area contributed by atoms with E-state index in [-0.39, 0.29) is 35.3 Å². The highest BCUT2D eigenvalue weighted by atomic mass is 79.9. The van der Waals surface area contributed by atoms with Crippen LogP contribution in [0.5, 0.6) is 23.0 Å². The number of amides is 2. The Kier molecular flexibility index (Phi) is 26.9. The number of fused-ring (bicyclic) bond motifs is 4. The summed E-state index contributed by atoms with van der Waals surface area (Å²) < 4.78 is 33.5. The molecule has 13 heteroatoms. The molecule has 0 aromatic heterocycles. The molecule has 9 aromatic rings. The molecule has 3 unspecified atom stereocenters. The van der Waals surface area contributed by atoms with Gasteiger partial charge in [-0.3, -0.25) is 0 Å². The number of hydrogen-bond donors (Lipinski definition) is 1. The second kappa shape index (κ2) is 36.0. The van der Waals surface area contributed by atoms with E-state index in [2.05, 4.69) is 204 Å². The molecule has 11 nitrogen and oxygen atoms in total. The lowest BCUT2D eigenvalue weighted by atomic mass is 9.82.